The Labute approximate surface area is 118 Å². The van der Waals surface area contributed by atoms with Crippen LogP contribution in [0.1, 0.15) is 26.7 Å². The Kier molecular flexibility index (Phi) is 3.95. The summed E-state index contributed by atoms with van der Waals surface area (Å²) in [5, 5.41) is 9.21. The summed E-state index contributed by atoms with van der Waals surface area (Å²) in [7, 11) is 0. The third-order valence-electron chi connectivity index (χ3n) is 2.62. The summed E-state index contributed by atoms with van der Waals surface area (Å²) in [5.74, 6) is -0.862. The van der Waals surface area contributed by atoms with Crippen LogP contribution in [0.25, 0.3) is 0 Å². The lowest BCUT2D eigenvalue weighted by Crippen LogP contribution is -2.09. The Morgan fingerprint density at radius 1 is 1.39 bits per heavy atom. The van der Waals surface area contributed by atoms with Gasteiger partial charge in [-0.3, -0.25) is 4.79 Å². The quantitative estimate of drug-likeness (QED) is 0.791. The predicted molar refractivity (Wildman–Crippen MR) is 75.9 cm³/mol. The maximum atomic E-state index is 12.3. The summed E-state index contributed by atoms with van der Waals surface area (Å²) < 4.78 is 0.940. The first-order valence-electron chi connectivity index (χ1n) is 5.38. The second-order valence-electron chi connectivity index (χ2n) is 3.90. The number of aryl methyl sites for hydroxylation is 1. The van der Waals surface area contributed by atoms with E-state index >= 15 is 0 Å². The lowest BCUT2D eigenvalue weighted by molar-refractivity contribution is 0.0983. The van der Waals surface area contributed by atoms with Crippen LogP contribution in [0.15, 0.2) is 40.2 Å². The number of ketones is 1. The van der Waals surface area contributed by atoms with Gasteiger partial charge in [-0.15, -0.1) is 11.3 Å². The summed E-state index contributed by atoms with van der Waals surface area (Å²) in [5.41, 5.74) is 1.76. The van der Waals surface area contributed by atoms with Gasteiger partial charge in [-0.25, -0.2) is 0 Å². The lowest BCUT2D eigenvalue weighted by atomic mass is 9.95. The molecule has 2 nitrogen and oxygen atoms in total. The number of benzene rings is 1. The molecule has 0 fully saturated rings. The van der Waals surface area contributed by atoms with Gasteiger partial charge in [0.15, 0.2) is 5.78 Å². The molecule has 0 aliphatic carbocycles. The molecule has 0 saturated carbocycles. The molecule has 1 atom stereocenters. The molecule has 1 unspecified atom stereocenters. The van der Waals surface area contributed by atoms with Crippen molar-refractivity contribution in [3.63, 3.8) is 0 Å². The molecule has 0 bridgehead atoms. The molecule has 0 aliphatic rings. The molecular formula is C14H10BrNOS. The highest BCUT2D eigenvalue weighted by molar-refractivity contribution is 9.11. The molecule has 4 heteroatoms. The maximum absolute atomic E-state index is 12.3. The second kappa shape index (κ2) is 5.47. The molecule has 18 heavy (non-hydrogen) atoms. The molecule has 0 saturated heterocycles. The summed E-state index contributed by atoms with van der Waals surface area (Å²) in [6.45, 7) is 1.93. The zero-order chi connectivity index (χ0) is 13.1. The highest BCUT2D eigenvalue weighted by Crippen LogP contribution is 2.31. The van der Waals surface area contributed by atoms with E-state index in [1.807, 2.05) is 31.2 Å². The first kappa shape index (κ1) is 13.0. The largest absolute Gasteiger partial charge is 0.291 e. The molecule has 90 valence electrons. The molecule has 1 aromatic carbocycles. The van der Waals surface area contributed by atoms with Crippen LogP contribution in [0, 0.1) is 18.3 Å². The Morgan fingerprint density at radius 3 is 2.56 bits per heavy atom. The van der Waals surface area contributed by atoms with E-state index in [-0.39, 0.29) is 5.78 Å². The molecule has 0 amide bonds. The molecule has 2 aromatic rings. The molecule has 1 heterocycles. The van der Waals surface area contributed by atoms with Crippen molar-refractivity contribution < 1.29 is 4.79 Å². The predicted octanol–water partition coefficient (Wildman–Crippen LogP) is 4.31. The highest BCUT2D eigenvalue weighted by atomic mass is 79.9. The molecule has 0 spiro atoms. The topological polar surface area (TPSA) is 40.9 Å². The van der Waals surface area contributed by atoms with Crippen LogP contribution in [-0.4, -0.2) is 5.78 Å². The van der Waals surface area contributed by atoms with Gasteiger partial charge < -0.3 is 0 Å². The molecular weight excluding hydrogens is 310 g/mol. The molecule has 0 N–H and O–H groups in total. The van der Waals surface area contributed by atoms with E-state index in [4.69, 9.17) is 0 Å². The van der Waals surface area contributed by atoms with Crippen LogP contribution in [0.2, 0.25) is 0 Å². The van der Waals surface area contributed by atoms with E-state index in [1.165, 1.54) is 11.3 Å². The van der Waals surface area contributed by atoms with Crippen molar-refractivity contribution in [3.05, 3.63) is 56.2 Å². The third kappa shape index (κ3) is 2.53. The summed E-state index contributed by atoms with van der Waals surface area (Å²) in [6, 6.07) is 13.1. The smallest absolute Gasteiger partial charge is 0.194 e. The molecule has 0 radical (unpaired) electrons. The molecule has 1 aromatic heterocycles. The van der Waals surface area contributed by atoms with Crippen molar-refractivity contribution in [2.75, 3.05) is 0 Å². The van der Waals surface area contributed by atoms with Crippen molar-refractivity contribution >= 4 is 33.0 Å². The fraction of sp³-hybridized carbons (Fsp3) is 0.143. The fourth-order valence-electron chi connectivity index (χ4n) is 1.65. The summed E-state index contributed by atoms with van der Waals surface area (Å²) in [6.07, 6.45) is 0. The number of hydrogen-bond donors (Lipinski definition) is 0. The van der Waals surface area contributed by atoms with Gasteiger partial charge in [-0.2, -0.15) is 5.26 Å². The van der Waals surface area contributed by atoms with Gasteiger partial charge in [0.25, 0.3) is 0 Å². The van der Waals surface area contributed by atoms with Crippen LogP contribution in [-0.2, 0) is 0 Å². The van der Waals surface area contributed by atoms with Gasteiger partial charge in [0.2, 0.25) is 0 Å². The Balaban J connectivity index is 2.35. The normalized spacial score (nSPS) is 11.8. The highest BCUT2D eigenvalue weighted by Gasteiger charge is 2.23. The number of thiophene rings is 1. The number of Topliss-reactive ketones (excluding diaryl/α,β-unsaturated/α-hetero) is 1. The summed E-state index contributed by atoms with van der Waals surface area (Å²) >= 11 is 4.77. The van der Waals surface area contributed by atoms with Gasteiger partial charge in [0.05, 0.1) is 14.7 Å². The average molecular weight is 320 g/mol. The minimum atomic E-state index is -0.726. The lowest BCUT2D eigenvalue weighted by Gasteiger charge is -2.06. The standard InChI is InChI=1S/C14H10BrNOS/c1-9-7-12(18-14(9)15)13(17)11(8-16)10-5-3-2-4-6-10/h2-7,11H,1H3. The first-order chi connectivity index (χ1) is 8.63. The summed E-state index contributed by atoms with van der Waals surface area (Å²) in [4.78, 5) is 12.9. The number of halogens is 1. The number of carbonyl (C=O) groups is 1. The minimum absolute atomic E-state index is 0.137. The zero-order valence-corrected chi connectivity index (χ0v) is 12.1. The third-order valence-corrected chi connectivity index (χ3v) is 4.78. The number of hydrogen-bond acceptors (Lipinski definition) is 3. The van der Waals surface area contributed by atoms with Crippen molar-refractivity contribution in [3.8, 4) is 6.07 Å². The Hall–Kier alpha value is -1.44. The van der Waals surface area contributed by atoms with E-state index in [9.17, 15) is 10.1 Å². The number of nitrogens with zero attached hydrogens (tertiary/aromatic N) is 1. The maximum Gasteiger partial charge on any atom is 0.194 e. The first-order valence-corrected chi connectivity index (χ1v) is 6.99. The van der Waals surface area contributed by atoms with E-state index in [0.717, 1.165) is 14.9 Å². The monoisotopic (exact) mass is 319 g/mol. The number of rotatable bonds is 3. The van der Waals surface area contributed by atoms with E-state index in [1.54, 1.807) is 12.1 Å². The van der Waals surface area contributed by atoms with Crippen LogP contribution < -0.4 is 0 Å². The van der Waals surface area contributed by atoms with Crippen molar-refractivity contribution in [2.24, 2.45) is 0 Å². The fourth-order valence-corrected chi connectivity index (χ4v) is 3.16. The minimum Gasteiger partial charge on any atom is -0.291 e. The Morgan fingerprint density at radius 2 is 2.06 bits per heavy atom. The van der Waals surface area contributed by atoms with Crippen molar-refractivity contribution in [1.29, 1.82) is 5.26 Å². The van der Waals surface area contributed by atoms with Gasteiger partial charge in [0, 0.05) is 0 Å². The van der Waals surface area contributed by atoms with Crippen LogP contribution in [0.5, 0.6) is 0 Å². The van der Waals surface area contributed by atoms with Crippen LogP contribution >= 0.6 is 27.3 Å². The zero-order valence-electron chi connectivity index (χ0n) is 9.68. The van der Waals surface area contributed by atoms with Crippen molar-refractivity contribution in [1.82, 2.24) is 0 Å². The van der Waals surface area contributed by atoms with E-state index < -0.39 is 5.92 Å². The number of carbonyl (C=O) groups excluding carboxylic acids is 1. The molecule has 0 aliphatic heterocycles. The average Bonchev–Trinajstić information content (AvgIpc) is 2.72. The SMILES string of the molecule is Cc1cc(C(=O)C(C#N)c2ccccc2)sc1Br. The number of nitriles is 1. The van der Waals surface area contributed by atoms with Gasteiger partial charge >= 0.3 is 0 Å². The van der Waals surface area contributed by atoms with Gasteiger partial charge in [0.1, 0.15) is 5.92 Å². The van der Waals surface area contributed by atoms with Crippen LogP contribution in [0.4, 0.5) is 0 Å². The second-order valence-corrected chi connectivity index (χ2v) is 6.27. The van der Waals surface area contributed by atoms with E-state index in [2.05, 4.69) is 22.0 Å². The molecule has 2 rings (SSSR count). The van der Waals surface area contributed by atoms with E-state index in [0.29, 0.717) is 4.88 Å². The Bertz CT molecular complexity index is 593. The van der Waals surface area contributed by atoms with Crippen molar-refractivity contribution in [2.45, 2.75) is 12.8 Å². The van der Waals surface area contributed by atoms with Crippen LogP contribution in [0.3, 0.4) is 0 Å². The van der Waals surface area contributed by atoms with Gasteiger partial charge in [-0.05, 0) is 40.0 Å². The van der Waals surface area contributed by atoms with Gasteiger partial charge in [-0.1, -0.05) is 30.3 Å².